The zero-order valence-electron chi connectivity index (χ0n) is 10.7. The number of rotatable bonds is 4. The van der Waals surface area contributed by atoms with Crippen molar-refractivity contribution >= 4 is 17.7 Å². The minimum atomic E-state index is -1.38. The monoisotopic (exact) mass is 290 g/mol. The van der Waals surface area contributed by atoms with Crippen molar-refractivity contribution in [2.45, 2.75) is 6.61 Å². The van der Waals surface area contributed by atoms with E-state index >= 15 is 0 Å². The Morgan fingerprint density at radius 2 is 1.95 bits per heavy atom. The molecule has 0 bridgehead atoms. The Kier molecular flexibility index (Phi) is 4.45. The summed E-state index contributed by atoms with van der Waals surface area (Å²) in [5.74, 6) is -2.47. The molecule has 21 heavy (non-hydrogen) atoms. The number of carbonyl (C=O) groups excluding carboxylic acids is 1. The van der Waals surface area contributed by atoms with Crippen LogP contribution in [0.4, 0.5) is 14.9 Å². The van der Waals surface area contributed by atoms with Gasteiger partial charge in [0.1, 0.15) is 12.3 Å². The predicted octanol–water partition coefficient (Wildman–Crippen LogP) is 2.67. The van der Waals surface area contributed by atoms with Crippen LogP contribution in [-0.2, 0) is 11.3 Å². The number of carbonyl (C=O) groups is 2. The van der Waals surface area contributed by atoms with Gasteiger partial charge in [0.15, 0.2) is 0 Å². The Bertz CT molecular complexity index is 661. The minimum Gasteiger partial charge on any atom is -0.478 e. The van der Waals surface area contributed by atoms with E-state index in [1.54, 1.807) is 24.3 Å². The number of aromatic nitrogens is 1. The maximum atomic E-state index is 13.5. The molecule has 0 spiro atoms. The number of benzene rings is 1. The summed E-state index contributed by atoms with van der Waals surface area (Å²) in [6.07, 6.45) is 0.0347. The molecule has 0 saturated carbocycles. The number of hydrogen-bond acceptors (Lipinski definition) is 4. The molecule has 6 nitrogen and oxygen atoms in total. The molecule has 0 aliphatic carbocycles. The van der Waals surface area contributed by atoms with Gasteiger partial charge in [0.05, 0.1) is 5.56 Å². The van der Waals surface area contributed by atoms with Gasteiger partial charge in [0.25, 0.3) is 0 Å². The van der Waals surface area contributed by atoms with E-state index in [9.17, 15) is 14.0 Å². The van der Waals surface area contributed by atoms with E-state index in [0.29, 0.717) is 0 Å². The number of nitrogens with one attached hydrogen (secondary N) is 1. The van der Waals surface area contributed by atoms with Gasteiger partial charge in [-0.15, -0.1) is 0 Å². The van der Waals surface area contributed by atoms with E-state index in [1.165, 1.54) is 0 Å². The van der Waals surface area contributed by atoms with Gasteiger partial charge in [-0.25, -0.2) is 14.6 Å². The summed E-state index contributed by atoms with van der Waals surface area (Å²) in [6, 6.07) is 9.95. The molecule has 0 aliphatic heterocycles. The van der Waals surface area contributed by atoms with Crippen LogP contribution in [0.1, 0.15) is 15.9 Å². The highest BCUT2D eigenvalue weighted by molar-refractivity contribution is 5.98. The number of halogens is 1. The first-order valence-electron chi connectivity index (χ1n) is 5.93. The average Bonchev–Trinajstić information content (AvgIpc) is 2.48. The van der Waals surface area contributed by atoms with Gasteiger partial charge in [0, 0.05) is 6.20 Å². The van der Waals surface area contributed by atoms with E-state index in [-0.39, 0.29) is 6.61 Å². The van der Waals surface area contributed by atoms with Crippen LogP contribution in [0.25, 0.3) is 0 Å². The largest absolute Gasteiger partial charge is 0.478 e. The van der Waals surface area contributed by atoms with Gasteiger partial charge in [-0.3, -0.25) is 5.32 Å². The number of nitrogens with zero attached hydrogens (tertiary/aromatic N) is 1. The molecule has 2 rings (SSSR count). The molecular formula is C14H11FN2O4. The highest BCUT2D eigenvalue weighted by atomic mass is 19.1. The van der Waals surface area contributed by atoms with Crippen molar-refractivity contribution in [3.8, 4) is 0 Å². The molecule has 108 valence electrons. The first-order chi connectivity index (χ1) is 10.1. The summed E-state index contributed by atoms with van der Waals surface area (Å²) in [6.45, 7) is -0.0169. The van der Waals surface area contributed by atoms with Crippen LogP contribution in [-0.4, -0.2) is 22.2 Å². The maximum Gasteiger partial charge on any atom is 0.412 e. The molecule has 1 aromatic carbocycles. The predicted molar refractivity (Wildman–Crippen MR) is 71.4 cm³/mol. The lowest BCUT2D eigenvalue weighted by Gasteiger charge is -2.09. The minimum absolute atomic E-state index is 0.0169. The third-order valence-electron chi connectivity index (χ3n) is 2.57. The zero-order chi connectivity index (χ0) is 15.2. The number of amides is 1. The highest BCUT2D eigenvalue weighted by Gasteiger charge is 2.18. The Hall–Kier alpha value is -2.96. The van der Waals surface area contributed by atoms with Crippen molar-refractivity contribution in [3.05, 3.63) is 59.7 Å². The van der Waals surface area contributed by atoms with Gasteiger partial charge >= 0.3 is 12.1 Å². The smallest absolute Gasteiger partial charge is 0.412 e. The van der Waals surface area contributed by atoms with Crippen molar-refractivity contribution in [2.24, 2.45) is 0 Å². The zero-order valence-corrected chi connectivity index (χ0v) is 10.7. The lowest BCUT2D eigenvalue weighted by Crippen LogP contribution is -2.17. The molecule has 0 radical (unpaired) electrons. The van der Waals surface area contributed by atoms with Crippen LogP contribution in [0, 0.1) is 5.95 Å². The number of anilines is 1. The van der Waals surface area contributed by atoms with Gasteiger partial charge in [0.2, 0.25) is 5.95 Å². The third-order valence-corrected chi connectivity index (χ3v) is 2.57. The second-order valence-corrected chi connectivity index (χ2v) is 4.02. The third kappa shape index (κ3) is 3.75. The second kappa shape index (κ2) is 6.47. The fourth-order valence-electron chi connectivity index (χ4n) is 1.59. The molecule has 0 atom stereocenters. The van der Waals surface area contributed by atoms with Crippen molar-refractivity contribution in [2.75, 3.05) is 5.32 Å². The van der Waals surface area contributed by atoms with Crippen LogP contribution >= 0.6 is 0 Å². The first kappa shape index (κ1) is 14.4. The first-order valence-corrected chi connectivity index (χ1v) is 5.93. The van der Waals surface area contributed by atoms with Crippen molar-refractivity contribution < 1.29 is 23.8 Å². The number of ether oxygens (including phenoxy) is 1. The standard InChI is InChI=1S/C14H11FN2O4/c15-12-11(10(13(18)19)6-7-16-12)17-14(20)21-8-9-4-2-1-3-5-9/h1-7H,8H2,(H,17,20)(H,18,19). The maximum absolute atomic E-state index is 13.5. The molecule has 7 heteroatoms. The lowest BCUT2D eigenvalue weighted by atomic mass is 10.2. The molecule has 1 heterocycles. The number of hydrogen-bond donors (Lipinski definition) is 2. The van der Waals surface area contributed by atoms with Crippen LogP contribution in [0.3, 0.4) is 0 Å². The van der Waals surface area contributed by atoms with Gasteiger partial charge in [-0.2, -0.15) is 4.39 Å². The summed E-state index contributed by atoms with van der Waals surface area (Å²) in [5, 5.41) is 11.0. The number of carboxylic acids is 1. The molecule has 1 aromatic heterocycles. The Labute approximate surface area is 119 Å². The van der Waals surface area contributed by atoms with E-state index in [4.69, 9.17) is 9.84 Å². The van der Waals surface area contributed by atoms with E-state index in [1.807, 2.05) is 6.07 Å². The number of pyridine rings is 1. The lowest BCUT2D eigenvalue weighted by molar-refractivity contribution is 0.0697. The van der Waals surface area contributed by atoms with Crippen molar-refractivity contribution in [1.82, 2.24) is 4.98 Å². The molecule has 0 fully saturated rings. The van der Waals surface area contributed by atoms with E-state index in [2.05, 4.69) is 10.3 Å². The molecule has 0 saturated heterocycles. The SMILES string of the molecule is O=C(Nc1c(C(=O)O)ccnc1F)OCc1ccccc1. The Morgan fingerprint density at radius 1 is 1.24 bits per heavy atom. The average molecular weight is 290 g/mol. The summed E-state index contributed by atoms with van der Waals surface area (Å²) < 4.78 is 18.4. The summed E-state index contributed by atoms with van der Waals surface area (Å²) >= 11 is 0. The quantitative estimate of drug-likeness (QED) is 0.845. The van der Waals surface area contributed by atoms with Gasteiger partial charge < -0.3 is 9.84 Å². The van der Waals surface area contributed by atoms with Crippen LogP contribution in [0.2, 0.25) is 0 Å². The molecular weight excluding hydrogens is 279 g/mol. The molecule has 0 unspecified atom stereocenters. The molecule has 2 aromatic rings. The fourth-order valence-corrected chi connectivity index (χ4v) is 1.59. The van der Waals surface area contributed by atoms with Crippen LogP contribution in [0.5, 0.6) is 0 Å². The fraction of sp³-hybridized carbons (Fsp3) is 0.0714. The van der Waals surface area contributed by atoms with E-state index < -0.39 is 29.3 Å². The molecule has 0 aliphatic rings. The van der Waals surface area contributed by atoms with Crippen LogP contribution < -0.4 is 5.32 Å². The van der Waals surface area contributed by atoms with Gasteiger partial charge in [-0.1, -0.05) is 30.3 Å². The van der Waals surface area contributed by atoms with E-state index in [0.717, 1.165) is 17.8 Å². The van der Waals surface area contributed by atoms with Crippen molar-refractivity contribution in [3.63, 3.8) is 0 Å². The van der Waals surface area contributed by atoms with Gasteiger partial charge in [-0.05, 0) is 11.6 Å². The Balaban J connectivity index is 2.05. The number of aromatic carboxylic acids is 1. The van der Waals surface area contributed by atoms with Crippen molar-refractivity contribution in [1.29, 1.82) is 0 Å². The number of carboxylic acid groups (broad SMARTS) is 1. The summed E-state index contributed by atoms with van der Waals surface area (Å²) in [7, 11) is 0. The molecule has 1 amide bonds. The summed E-state index contributed by atoms with van der Waals surface area (Å²) in [4.78, 5) is 25.8. The topological polar surface area (TPSA) is 88.5 Å². The highest BCUT2D eigenvalue weighted by Crippen LogP contribution is 2.18. The Morgan fingerprint density at radius 3 is 2.62 bits per heavy atom. The normalized spacial score (nSPS) is 9.95. The van der Waals surface area contributed by atoms with Crippen LogP contribution in [0.15, 0.2) is 42.6 Å². The molecule has 2 N–H and O–H groups in total. The summed E-state index contributed by atoms with van der Waals surface area (Å²) in [5.41, 5.74) is -0.181. The second-order valence-electron chi connectivity index (χ2n) is 4.02.